The van der Waals surface area contributed by atoms with E-state index in [1.54, 1.807) is 0 Å². The quantitative estimate of drug-likeness (QED) is 0.407. The van der Waals surface area contributed by atoms with Crippen molar-refractivity contribution < 1.29 is 53.2 Å². The van der Waals surface area contributed by atoms with Crippen molar-refractivity contribution >= 4 is 27.0 Å². The Bertz CT molecular complexity index is 215. The van der Waals surface area contributed by atoms with E-state index >= 15 is 0 Å². The molecule has 0 saturated carbocycles. The van der Waals surface area contributed by atoms with Gasteiger partial charge in [-0.1, -0.05) is 0 Å². The summed E-state index contributed by atoms with van der Waals surface area (Å²) in [5, 5.41) is 0. The van der Waals surface area contributed by atoms with Crippen molar-refractivity contribution in [2.24, 2.45) is 0 Å². The van der Waals surface area contributed by atoms with Gasteiger partial charge in [-0.3, -0.25) is 0 Å². The second-order valence-corrected chi connectivity index (χ2v) is 4.09. The van der Waals surface area contributed by atoms with Crippen LogP contribution in [0, 0.1) is 0 Å². The van der Waals surface area contributed by atoms with Crippen LogP contribution in [0.1, 0.15) is 0 Å². The van der Waals surface area contributed by atoms with Crippen LogP contribution in [0.15, 0.2) is 0 Å². The fraction of sp³-hybridized carbons (Fsp3) is 0. The summed E-state index contributed by atoms with van der Waals surface area (Å²) in [4.78, 5) is 0. The zero-order valence-electron chi connectivity index (χ0n) is 4.32. The first-order valence-corrected chi connectivity index (χ1v) is 6.80. The molecule has 0 bridgehead atoms. The molecule has 0 heterocycles. The maximum atomic E-state index is 10.2. The number of hydrogen-bond donors (Lipinski definition) is 0. The Hall–Kier alpha value is 0.759. The van der Waals surface area contributed by atoms with Crippen LogP contribution in [0.25, 0.3) is 0 Å². The molecule has 0 spiro atoms. The van der Waals surface area contributed by atoms with Crippen LogP contribution in [0.3, 0.4) is 0 Å². The number of hydrogen-bond acceptors (Lipinski definition) is 6. The van der Waals surface area contributed by atoms with Gasteiger partial charge in [-0.05, 0) is 0 Å². The second-order valence-electron chi connectivity index (χ2n) is 0.786. The van der Waals surface area contributed by atoms with Gasteiger partial charge >= 0.3 is 80.2 Å². The maximum absolute atomic E-state index is 10.2. The molecule has 0 unspecified atom stereocenters. The fourth-order valence-corrected chi connectivity index (χ4v) is 0. The second kappa shape index (κ2) is 6.29. The Kier molecular flexibility index (Phi) is 10.2. The van der Waals surface area contributed by atoms with Gasteiger partial charge in [-0.2, -0.15) is 0 Å². The van der Waals surface area contributed by atoms with Crippen LogP contribution in [0.2, 0.25) is 0 Å². The van der Waals surface area contributed by atoms with E-state index in [-0.39, 0.29) is 22.4 Å². The largest absolute Gasteiger partial charge is 2.00 e. The molecule has 0 aromatic heterocycles. The summed E-state index contributed by atoms with van der Waals surface area (Å²) in [6.07, 6.45) is 0. The molecule has 0 rings (SSSR count). The van der Waals surface area contributed by atoms with E-state index in [4.69, 9.17) is 23.7 Å². The molecule has 1 radical (unpaired) electrons. The third-order valence-electron chi connectivity index (χ3n) is 0. The molecule has 0 atom stereocenters. The van der Waals surface area contributed by atoms with Crippen LogP contribution >= 0.6 is 0 Å². The maximum Gasteiger partial charge on any atom is 2.00 e. The molecule has 0 aliphatic carbocycles. The van der Waals surface area contributed by atoms with Crippen molar-refractivity contribution in [3.05, 3.63) is 0 Å². The van der Waals surface area contributed by atoms with Crippen LogP contribution in [0.4, 0.5) is 7.10 Å². The van der Waals surface area contributed by atoms with Gasteiger partial charge in [0, 0.05) is 0 Å². The molecule has 0 aromatic rings. The molecule has 0 amide bonds. The van der Waals surface area contributed by atoms with E-state index in [2.05, 4.69) is 0 Å². The topological polar surface area (TPSA) is 114 Å². The van der Waals surface area contributed by atoms with Crippen LogP contribution in [-0.2, 0) is 37.7 Å². The van der Waals surface area contributed by atoms with Gasteiger partial charge in [0.1, 0.15) is 0 Å². The molecule has 6 nitrogen and oxygen atoms in total. The van der Waals surface area contributed by atoms with Gasteiger partial charge in [-0.15, -0.1) is 0 Å². The summed E-state index contributed by atoms with van der Waals surface area (Å²) in [5.74, 6) is 0. The summed E-state index contributed by atoms with van der Waals surface area (Å²) in [6.45, 7) is 0. The van der Waals surface area contributed by atoms with Crippen molar-refractivity contribution in [1.29, 1.82) is 0 Å². The molecule has 0 aliphatic rings. The minimum Gasteiger partial charge on any atom is 2.00 e. The Labute approximate surface area is 79.9 Å². The Morgan fingerprint density at radius 1 is 0.818 bits per heavy atom. The van der Waals surface area contributed by atoms with Gasteiger partial charge in [0.25, 0.3) is 0 Å². The summed E-state index contributed by atoms with van der Waals surface area (Å²) >= 11 is -12.0. The summed E-state index contributed by atoms with van der Waals surface area (Å²) in [7, 11) is 0. The minimum absolute atomic E-state index is 0. The van der Waals surface area contributed by atoms with Crippen LogP contribution in [0.5, 0.6) is 0 Å². The standard InChI is InChI=1S/Ag.2FHO3Se/c;2*1-5(2,3)4/h;2*(H,2,3,4)/q+2;;/p-2. The molecule has 0 aliphatic heterocycles. The van der Waals surface area contributed by atoms with Gasteiger partial charge in [0.05, 0.1) is 0 Å². The smallest absolute Gasteiger partial charge is 2.00 e. The first kappa shape index (κ1) is 17.7. The van der Waals surface area contributed by atoms with E-state index in [1.165, 1.54) is 0 Å². The summed E-state index contributed by atoms with van der Waals surface area (Å²) in [6, 6.07) is 0. The van der Waals surface area contributed by atoms with Crippen LogP contribution < -0.4 is 8.38 Å². The van der Waals surface area contributed by atoms with E-state index in [1.807, 2.05) is 0 Å². The molecule has 0 aromatic carbocycles. The van der Waals surface area contributed by atoms with Crippen molar-refractivity contribution in [2.75, 3.05) is 0 Å². The monoisotopic (exact) mass is 401 g/mol. The predicted molar refractivity (Wildman–Crippen MR) is 16.5 cm³/mol. The van der Waals surface area contributed by atoms with Crippen molar-refractivity contribution in [3.63, 3.8) is 0 Å². The van der Waals surface area contributed by atoms with Gasteiger partial charge < -0.3 is 0 Å². The molecule has 11 heteroatoms. The molecule has 11 heavy (non-hydrogen) atoms. The van der Waals surface area contributed by atoms with E-state index in [0.717, 1.165) is 0 Å². The van der Waals surface area contributed by atoms with Gasteiger partial charge in [0.2, 0.25) is 0 Å². The zero-order chi connectivity index (χ0) is 9.00. The number of rotatable bonds is 0. The average Bonchev–Trinajstić information content (AvgIpc) is 1.12. The third kappa shape index (κ3) is 1430. The Morgan fingerprint density at radius 2 is 0.818 bits per heavy atom. The molecular formula is AgF2O6Se2. The van der Waals surface area contributed by atoms with Crippen molar-refractivity contribution in [2.45, 2.75) is 0 Å². The first-order chi connectivity index (χ1) is 4.00. The van der Waals surface area contributed by atoms with Crippen molar-refractivity contribution in [3.8, 4) is 0 Å². The van der Waals surface area contributed by atoms with Crippen molar-refractivity contribution in [1.82, 2.24) is 0 Å². The third-order valence-corrected chi connectivity index (χ3v) is 0. The Morgan fingerprint density at radius 3 is 0.818 bits per heavy atom. The predicted octanol–water partition coefficient (Wildman–Crippen LogP) is -2.78. The molecule has 73 valence electrons. The average molecular weight is 400 g/mol. The summed E-state index contributed by atoms with van der Waals surface area (Å²) in [5.41, 5.74) is 0. The molecule has 0 N–H and O–H groups in total. The SMILES string of the molecule is O=[Se](=O)([O-])F.O=[Se](=O)([O-])F.[Ag+2]. The first-order valence-electron chi connectivity index (χ1n) is 1.31. The molecular weight excluding hydrogens is 400 g/mol. The zero-order valence-corrected chi connectivity index (χ0v) is 9.23. The fourth-order valence-electron chi connectivity index (χ4n) is 0. The normalized spacial score (nSPS) is 10.5. The van der Waals surface area contributed by atoms with Crippen LogP contribution in [-0.4, -0.2) is 27.0 Å². The van der Waals surface area contributed by atoms with Gasteiger partial charge in [-0.25, -0.2) is 0 Å². The van der Waals surface area contributed by atoms with E-state index in [9.17, 15) is 7.10 Å². The molecule has 0 fully saturated rings. The minimum atomic E-state index is -6.00. The molecule has 0 saturated heterocycles. The summed E-state index contributed by atoms with van der Waals surface area (Å²) < 4.78 is 71.2. The van der Waals surface area contributed by atoms with E-state index in [0.29, 0.717) is 0 Å². The number of halogens is 2. The van der Waals surface area contributed by atoms with Gasteiger partial charge in [0.15, 0.2) is 0 Å². The Balaban J connectivity index is -0.000000107. The van der Waals surface area contributed by atoms with E-state index < -0.39 is 27.0 Å².